The number of hydrogen-bond acceptors (Lipinski definition) is 4. The van der Waals surface area contributed by atoms with Crippen molar-refractivity contribution in [1.29, 1.82) is 0 Å². The number of hydrazine groups is 1. The SMILES string of the molecule is c1ccc(C2=NCN3C(c4ccccc4)=NCN23)cc1. The predicted octanol–water partition coefficient (Wildman–Crippen LogP) is 2.34. The summed E-state index contributed by atoms with van der Waals surface area (Å²) in [4.78, 5) is 9.31. The number of rotatable bonds is 2. The molecule has 0 radical (unpaired) electrons. The normalized spacial score (nSPS) is 17.0. The van der Waals surface area contributed by atoms with Crippen LogP contribution in [0.5, 0.6) is 0 Å². The number of amidine groups is 2. The number of benzene rings is 2. The van der Waals surface area contributed by atoms with Crippen molar-refractivity contribution in [3.63, 3.8) is 0 Å². The van der Waals surface area contributed by atoms with Gasteiger partial charge in [0, 0.05) is 11.1 Å². The third kappa shape index (κ3) is 1.69. The molecule has 0 aliphatic carbocycles. The largest absolute Gasteiger partial charge is 0.243 e. The molecule has 98 valence electrons. The molecule has 2 heterocycles. The van der Waals surface area contributed by atoms with Crippen molar-refractivity contribution in [3.8, 4) is 0 Å². The summed E-state index contributed by atoms with van der Waals surface area (Å²) >= 11 is 0. The van der Waals surface area contributed by atoms with E-state index in [0.717, 1.165) is 22.8 Å². The molecular weight excluding hydrogens is 248 g/mol. The molecule has 0 aromatic heterocycles. The smallest absolute Gasteiger partial charge is 0.153 e. The summed E-state index contributed by atoms with van der Waals surface area (Å²) in [6, 6.07) is 20.5. The van der Waals surface area contributed by atoms with Gasteiger partial charge < -0.3 is 0 Å². The number of aliphatic imine (C=N–C) groups is 2. The molecule has 2 aromatic rings. The topological polar surface area (TPSA) is 31.2 Å². The van der Waals surface area contributed by atoms with E-state index in [1.54, 1.807) is 0 Å². The predicted molar refractivity (Wildman–Crippen MR) is 79.4 cm³/mol. The van der Waals surface area contributed by atoms with Crippen LogP contribution in [0.3, 0.4) is 0 Å². The highest BCUT2D eigenvalue weighted by molar-refractivity contribution is 6.06. The Morgan fingerprint density at radius 1 is 0.600 bits per heavy atom. The van der Waals surface area contributed by atoms with Gasteiger partial charge in [-0.05, 0) is 0 Å². The fraction of sp³-hybridized carbons (Fsp3) is 0.125. The molecule has 0 saturated heterocycles. The monoisotopic (exact) mass is 262 g/mol. The van der Waals surface area contributed by atoms with Crippen LogP contribution in [-0.2, 0) is 0 Å². The van der Waals surface area contributed by atoms with Crippen molar-refractivity contribution in [3.05, 3.63) is 71.8 Å². The summed E-state index contributed by atoms with van der Waals surface area (Å²) < 4.78 is 0. The molecule has 20 heavy (non-hydrogen) atoms. The van der Waals surface area contributed by atoms with Gasteiger partial charge in [-0.1, -0.05) is 60.7 Å². The lowest BCUT2D eigenvalue weighted by Gasteiger charge is -2.24. The van der Waals surface area contributed by atoms with E-state index in [4.69, 9.17) is 0 Å². The lowest BCUT2D eigenvalue weighted by Crippen LogP contribution is -2.40. The quantitative estimate of drug-likeness (QED) is 0.832. The second-order valence-electron chi connectivity index (χ2n) is 4.78. The van der Waals surface area contributed by atoms with Crippen molar-refractivity contribution in [2.75, 3.05) is 13.3 Å². The number of hydrogen-bond donors (Lipinski definition) is 0. The molecule has 0 amide bonds. The van der Waals surface area contributed by atoms with Crippen LogP contribution in [0.25, 0.3) is 0 Å². The highest BCUT2D eigenvalue weighted by Crippen LogP contribution is 2.23. The zero-order valence-electron chi connectivity index (χ0n) is 11.0. The molecule has 0 atom stereocenters. The number of fused-ring (bicyclic) bond motifs is 1. The van der Waals surface area contributed by atoms with Gasteiger partial charge >= 0.3 is 0 Å². The minimum absolute atomic E-state index is 0.637. The van der Waals surface area contributed by atoms with Gasteiger partial charge in [0.25, 0.3) is 0 Å². The molecule has 4 nitrogen and oxygen atoms in total. The number of nitrogens with zero attached hydrogens (tertiary/aromatic N) is 4. The van der Waals surface area contributed by atoms with Crippen LogP contribution in [-0.4, -0.2) is 35.0 Å². The standard InChI is InChI=1S/C16H14N4/c1-3-7-13(8-4-1)15-17-11-20-16(18-12-19(15)20)14-9-5-2-6-10-14/h1-10H,11-12H2. The molecule has 2 aromatic carbocycles. The summed E-state index contributed by atoms with van der Waals surface area (Å²) in [7, 11) is 0. The van der Waals surface area contributed by atoms with Gasteiger partial charge in [-0.15, -0.1) is 0 Å². The van der Waals surface area contributed by atoms with Gasteiger partial charge in [-0.25, -0.2) is 20.0 Å². The highest BCUT2D eigenvalue weighted by atomic mass is 15.7. The Labute approximate surface area is 117 Å². The van der Waals surface area contributed by atoms with Crippen molar-refractivity contribution >= 4 is 11.7 Å². The summed E-state index contributed by atoms with van der Waals surface area (Å²) in [5.74, 6) is 2.00. The molecule has 0 unspecified atom stereocenters. The zero-order valence-corrected chi connectivity index (χ0v) is 11.0. The maximum atomic E-state index is 4.65. The molecule has 0 bridgehead atoms. The molecule has 2 aliphatic heterocycles. The molecule has 0 spiro atoms. The van der Waals surface area contributed by atoms with E-state index < -0.39 is 0 Å². The fourth-order valence-corrected chi connectivity index (χ4v) is 2.60. The van der Waals surface area contributed by atoms with Crippen LogP contribution in [0.4, 0.5) is 0 Å². The first-order valence-corrected chi connectivity index (χ1v) is 6.68. The van der Waals surface area contributed by atoms with E-state index in [2.05, 4.69) is 44.3 Å². The highest BCUT2D eigenvalue weighted by Gasteiger charge is 2.33. The molecule has 0 saturated carbocycles. The lowest BCUT2D eigenvalue weighted by atomic mass is 10.2. The van der Waals surface area contributed by atoms with Gasteiger partial charge in [0.05, 0.1) is 0 Å². The summed E-state index contributed by atoms with van der Waals surface area (Å²) in [5.41, 5.74) is 2.28. The Morgan fingerprint density at radius 3 is 1.40 bits per heavy atom. The maximum absolute atomic E-state index is 4.65. The molecular formula is C16H14N4. The van der Waals surface area contributed by atoms with E-state index in [-0.39, 0.29) is 0 Å². The second-order valence-corrected chi connectivity index (χ2v) is 4.78. The van der Waals surface area contributed by atoms with E-state index in [0.29, 0.717) is 13.3 Å². The van der Waals surface area contributed by atoms with Crippen molar-refractivity contribution < 1.29 is 0 Å². The summed E-state index contributed by atoms with van der Waals surface area (Å²) in [6.45, 7) is 1.27. The van der Waals surface area contributed by atoms with Crippen molar-refractivity contribution in [1.82, 2.24) is 10.0 Å². The van der Waals surface area contributed by atoms with Crippen LogP contribution < -0.4 is 0 Å². The lowest BCUT2D eigenvalue weighted by molar-refractivity contribution is 0.194. The Kier molecular flexibility index (Phi) is 2.52. The summed E-state index contributed by atoms with van der Waals surface area (Å²) in [6.07, 6.45) is 0. The Hall–Kier alpha value is -2.62. The van der Waals surface area contributed by atoms with Crippen LogP contribution in [0.15, 0.2) is 70.6 Å². The van der Waals surface area contributed by atoms with Crippen molar-refractivity contribution in [2.24, 2.45) is 9.98 Å². The molecule has 0 fully saturated rings. The van der Waals surface area contributed by atoms with Gasteiger partial charge in [-0.2, -0.15) is 0 Å². The van der Waals surface area contributed by atoms with E-state index in [1.807, 2.05) is 36.4 Å². The fourth-order valence-electron chi connectivity index (χ4n) is 2.60. The van der Waals surface area contributed by atoms with Gasteiger partial charge in [0.15, 0.2) is 11.7 Å². The molecule has 0 N–H and O–H groups in total. The third-order valence-corrected chi connectivity index (χ3v) is 3.55. The van der Waals surface area contributed by atoms with E-state index in [1.165, 1.54) is 0 Å². The van der Waals surface area contributed by atoms with Crippen LogP contribution in [0.1, 0.15) is 11.1 Å². The average Bonchev–Trinajstić information content (AvgIpc) is 3.10. The Balaban J connectivity index is 1.63. The first-order valence-electron chi connectivity index (χ1n) is 6.68. The minimum atomic E-state index is 0.637. The first kappa shape index (κ1) is 11.2. The molecule has 4 rings (SSSR count). The minimum Gasteiger partial charge on any atom is -0.243 e. The summed E-state index contributed by atoms with van der Waals surface area (Å²) in [5, 5.41) is 4.27. The van der Waals surface area contributed by atoms with Gasteiger partial charge in [0.2, 0.25) is 0 Å². The average molecular weight is 262 g/mol. The van der Waals surface area contributed by atoms with E-state index >= 15 is 0 Å². The Morgan fingerprint density at radius 2 is 1.00 bits per heavy atom. The van der Waals surface area contributed by atoms with Gasteiger partial charge in [0.1, 0.15) is 13.3 Å². The first-order chi connectivity index (χ1) is 9.93. The molecule has 4 heteroatoms. The second kappa shape index (κ2) is 4.49. The van der Waals surface area contributed by atoms with E-state index in [9.17, 15) is 0 Å². The van der Waals surface area contributed by atoms with Gasteiger partial charge in [-0.3, -0.25) is 0 Å². The van der Waals surface area contributed by atoms with Crippen LogP contribution in [0.2, 0.25) is 0 Å². The van der Waals surface area contributed by atoms with Crippen molar-refractivity contribution in [2.45, 2.75) is 0 Å². The molecule has 2 aliphatic rings. The Bertz CT molecular complexity index is 615. The zero-order chi connectivity index (χ0) is 13.4. The third-order valence-electron chi connectivity index (χ3n) is 3.55. The van der Waals surface area contributed by atoms with Crippen LogP contribution in [0, 0.1) is 0 Å². The maximum Gasteiger partial charge on any atom is 0.153 e. The van der Waals surface area contributed by atoms with Crippen LogP contribution >= 0.6 is 0 Å².